The second-order valence-corrected chi connectivity index (χ2v) is 7.14. The monoisotopic (exact) mass is 395 g/mol. The Balaban J connectivity index is 1.88. The normalized spacial score (nSPS) is 10.7. The molecule has 3 aromatic rings. The maximum atomic E-state index is 12.9. The van der Waals surface area contributed by atoms with Crippen molar-refractivity contribution in [3.05, 3.63) is 69.9 Å². The Labute approximate surface area is 169 Å². The number of carbonyl (C=O) groups excluding carboxylic acids is 2. The van der Waals surface area contributed by atoms with Gasteiger partial charge in [-0.2, -0.15) is 0 Å². The predicted molar refractivity (Wildman–Crippen MR) is 113 cm³/mol. The van der Waals surface area contributed by atoms with Crippen molar-refractivity contribution in [2.45, 2.75) is 27.2 Å². The lowest BCUT2D eigenvalue weighted by atomic mass is 10.0. The molecule has 144 valence electrons. The number of fused-ring (bicyclic) bond motifs is 1. The summed E-state index contributed by atoms with van der Waals surface area (Å²) in [6, 6.07) is 12.5. The number of carbonyl (C=O) groups is 2. The number of hydrogen-bond donors (Lipinski definition) is 2. The highest BCUT2D eigenvalue weighted by molar-refractivity contribution is 6.34. The quantitative estimate of drug-likeness (QED) is 0.645. The molecular formula is C22H22ClN3O2. The third-order valence-electron chi connectivity index (χ3n) is 4.34. The van der Waals surface area contributed by atoms with Crippen LogP contribution in [0, 0.1) is 13.8 Å². The Morgan fingerprint density at radius 1 is 1.00 bits per heavy atom. The van der Waals surface area contributed by atoms with Crippen LogP contribution in [0.4, 0.5) is 5.69 Å². The molecule has 0 aliphatic heterocycles. The molecule has 0 radical (unpaired) electrons. The fraction of sp³-hybridized carbons (Fsp3) is 0.227. The first-order valence-corrected chi connectivity index (χ1v) is 9.54. The average Bonchev–Trinajstić information content (AvgIpc) is 2.65. The molecule has 0 saturated carbocycles. The Kier molecular flexibility index (Phi) is 5.95. The van der Waals surface area contributed by atoms with Crippen LogP contribution in [0.15, 0.2) is 42.5 Å². The summed E-state index contributed by atoms with van der Waals surface area (Å²) in [6.45, 7) is 6.40. The van der Waals surface area contributed by atoms with Gasteiger partial charge in [0.25, 0.3) is 11.8 Å². The van der Waals surface area contributed by atoms with Crippen LogP contribution in [0.1, 0.15) is 45.3 Å². The molecule has 3 rings (SSSR count). The van der Waals surface area contributed by atoms with Gasteiger partial charge in [0.05, 0.1) is 21.7 Å². The molecule has 2 aromatic carbocycles. The van der Waals surface area contributed by atoms with E-state index in [1.165, 1.54) is 0 Å². The first-order valence-electron chi connectivity index (χ1n) is 9.16. The topological polar surface area (TPSA) is 71.1 Å². The Bertz CT molecular complexity index is 1060. The van der Waals surface area contributed by atoms with Gasteiger partial charge in [-0.25, -0.2) is 0 Å². The molecule has 0 bridgehead atoms. The van der Waals surface area contributed by atoms with Gasteiger partial charge in [0, 0.05) is 23.3 Å². The fourth-order valence-corrected chi connectivity index (χ4v) is 3.24. The van der Waals surface area contributed by atoms with Gasteiger partial charge in [-0.3, -0.25) is 14.6 Å². The maximum absolute atomic E-state index is 12.9. The molecule has 2 N–H and O–H groups in total. The zero-order chi connectivity index (χ0) is 20.3. The highest BCUT2D eigenvalue weighted by Crippen LogP contribution is 2.24. The number of aromatic nitrogens is 1. The van der Waals surface area contributed by atoms with Crippen molar-refractivity contribution in [1.82, 2.24) is 10.3 Å². The highest BCUT2D eigenvalue weighted by atomic mass is 35.5. The summed E-state index contributed by atoms with van der Waals surface area (Å²) in [7, 11) is 0. The minimum Gasteiger partial charge on any atom is -0.352 e. The minimum atomic E-state index is -0.250. The van der Waals surface area contributed by atoms with Gasteiger partial charge >= 0.3 is 0 Å². The molecule has 0 aliphatic rings. The number of halogens is 1. The number of nitrogens with one attached hydrogen (secondary N) is 2. The SMILES string of the molecule is CCCNC(=O)c1ccc(NC(=O)c2cc(C)nc3ccc(C)cc23)cc1Cl. The number of anilines is 1. The molecule has 1 aromatic heterocycles. The van der Waals surface area contributed by atoms with Crippen LogP contribution in [0.25, 0.3) is 10.9 Å². The van der Waals surface area contributed by atoms with Crippen LogP contribution in [0.5, 0.6) is 0 Å². The number of rotatable bonds is 5. The van der Waals surface area contributed by atoms with Gasteiger partial charge in [-0.05, 0) is 56.7 Å². The second-order valence-electron chi connectivity index (χ2n) is 6.74. The van der Waals surface area contributed by atoms with Gasteiger partial charge in [0.1, 0.15) is 0 Å². The third-order valence-corrected chi connectivity index (χ3v) is 4.66. The molecule has 0 unspecified atom stereocenters. The zero-order valence-corrected chi connectivity index (χ0v) is 16.9. The van der Waals surface area contributed by atoms with E-state index in [-0.39, 0.29) is 16.8 Å². The lowest BCUT2D eigenvalue weighted by molar-refractivity contribution is 0.0953. The summed E-state index contributed by atoms with van der Waals surface area (Å²) in [4.78, 5) is 29.5. The minimum absolute atomic E-state index is 0.226. The molecule has 0 saturated heterocycles. The molecule has 5 nitrogen and oxygen atoms in total. The largest absolute Gasteiger partial charge is 0.352 e. The van der Waals surface area contributed by atoms with Gasteiger partial charge in [0.15, 0.2) is 0 Å². The molecule has 28 heavy (non-hydrogen) atoms. The Morgan fingerprint density at radius 2 is 1.79 bits per heavy atom. The lowest BCUT2D eigenvalue weighted by Gasteiger charge is -2.11. The number of nitrogens with zero attached hydrogens (tertiary/aromatic N) is 1. The fourth-order valence-electron chi connectivity index (χ4n) is 2.97. The standard InChI is InChI=1S/C22H22ClN3O2/c1-4-9-24-21(27)16-7-6-15(12-19(16)23)26-22(28)18-11-14(3)25-20-8-5-13(2)10-17(18)20/h5-8,10-12H,4,9H2,1-3H3,(H,24,27)(H,26,28). The van der Waals surface area contributed by atoms with Crippen LogP contribution in [-0.2, 0) is 0 Å². The smallest absolute Gasteiger partial charge is 0.256 e. The number of hydrogen-bond acceptors (Lipinski definition) is 3. The molecule has 1 heterocycles. The summed E-state index contributed by atoms with van der Waals surface area (Å²) in [5.41, 5.74) is 4.05. The van der Waals surface area contributed by atoms with Gasteiger partial charge in [0.2, 0.25) is 0 Å². The molecule has 0 atom stereocenters. The molecule has 0 aliphatic carbocycles. The summed E-state index contributed by atoms with van der Waals surface area (Å²) in [5.74, 6) is -0.476. The first kappa shape index (κ1) is 19.8. The Morgan fingerprint density at radius 3 is 2.50 bits per heavy atom. The van der Waals surface area contributed by atoms with Crippen LogP contribution in [0.3, 0.4) is 0 Å². The summed E-state index contributed by atoms with van der Waals surface area (Å²) < 4.78 is 0. The number of benzene rings is 2. The van der Waals surface area contributed by atoms with E-state index in [0.29, 0.717) is 23.4 Å². The third kappa shape index (κ3) is 4.31. The predicted octanol–water partition coefficient (Wildman–Crippen LogP) is 4.90. The second kappa shape index (κ2) is 8.40. The zero-order valence-electron chi connectivity index (χ0n) is 16.1. The van der Waals surface area contributed by atoms with Gasteiger partial charge in [-0.1, -0.05) is 30.2 Å². The molecule has 0 fully saturated rings. The van der Waals surface area contributed by atoms with E-state index in [4.69, 9.17) is 11.6 Å². The van der Waals surface area contributed by atoms with Crippen molar-refractivity contribution in [3.63, 3.8) is 0 Å². The lowest BCUT2D eigenvalue weighted by Crippen LogP contribution is -2.24. The van der Waals surface area contributed by atoms with E-state index in [2.05, 4.69) is 15.6 Å². The van der Waals surface area contributed by atoms with E-state index in [1.807, 2.05) is 39.0 Å². The first-order chi connectivity index (χ1) is 13.4. The summed E-state index contributed by atoms with van der Waals surface area (Å²) >= 11 is 6.25. The van der Waals surface area contributed by atoms with Crippen LogP contribution >= 0.6 is 11.6 Å². The highest BCUT2D eigenvalue weighted by Gasteiger charge is 2.15. The van der Waals surface area contributed by atoms with Crippen molar-refractivity contribution < 1.29 is 9.59 Å². The van der Waals surface area contributed by atoms with Gasteiger partial charge < -0.3 is 10.6 Å². The van der Waals surface area contributed by atoms with E-state index < -0.39 is 0 Å². The van der Waals surface area contributed by atoms with Crippen LogP contribution in [-0.4, -0.2) is 23.3 Å². The van der Waals surface area contributed by atoms with E-state index >= 15 is 0 Å². The van der Waals surface area contributed by atoms with Crippen LogP contribution < -0.4 is 10.6 Å². The molecular weight excluding hydrogens is 374 g/mol. The number of pyridine rings is 1. The van der Waals surface area contributed by atoms with Crippen molar-refractivity contribution in [2.75, 3.05) is 11.9 Å². The van der Waals surface area contributed by atoms with Crippen molar-refractivity contribution in [2.24, 2.45) is 0 Å². The van der Waals surface area contributed by atoms with Crippen molar-refractivity contribution >= 4 is 40.0 Å². The number of amides is 2. The molecule has 2 amide bonds. The van der Waals surface area contributed by atoms with Gasteiger partial charge in [-0.15, -0.1) is 0 Å². The van der Waals surface area contributed by atoms with E-state index in [0.717, 1.165) is 28.6 Å². The van der Waals surface area contributed by atoms with E-state index in [9.17, 15) is 9.59 Å². The van der Waals surface area contributed by atoms with Crippen molar-refractivity contribution in [1.29, 1.82) is 0 Å². The average molecular weight is 396 g/mol. The van der Waals surface area contributed by atoms with E-state index in [1.54, 1.807) is 24.3 Å². The Hall–Kier alpha value is -2.92. The maximum Gasteiger partial charge on any atom is 0.256 e. The number of aryl methyl sites for hydroxylation is 2. The molecule has 0 spiro atoms. The van der Waals surface area contributed by atoms with Crippen molar-refractivity contribution in [3.8, 4) is 0 Å². The summed E-state index contributed by atoms with van der Waals surface area (Å²) in [6.07, 6.45) is 0.844. The molecule has 6 heteroatoms. The summed E-state index contributed by atoms with van der Waals surface area (Å²) in [5, 5.41) is 6.74. The van der Waals surface area contributed by atoms with Crippen LogP contribution in [0.2, 0.25) is 5.02 Å².